The standard InChI is InChI=1S/C22H33N3/c1-5-24(6-2)20-13-9-18(10-14-20)22(17-23)19-11-15-21(16-12-19)25(7-3)8-4/h9-16,22H,5-8,17,23H2,1-4H3. The van der Waals surface area contributed by atoms with E-state index in [-0.39, 0.29) is 5.92 Å². The monoisotopic (exact) mass is 339 g/mol. The van der Waals surface area contributed by atoms with Crippen molar-refractivity contribution in [1.82, 2.24) is 0 Å². The van der Waals surface area contributed by atoms with E-state index in [4.69, 9.17) is 5.73 Å². The van der Waals surface area contributed by atoms with E-state index in [1.807, 2.05) is 0 Å². The summed E-state index contributed by atoms with van der Waals surface area (Å²) in [5, 5.41) is 0. The maximum Gasteiger partial charge on any atom is 0.0366 e. The first-order valence-electron chi connectivity index (χ1n) is 9.58. The van der Waals surface area contributed by atoms with Gasteiger partial charge in [0.05, 0.1) is 0 Å². The zero-order valence-corrected chi connectivity index (χ0v) is 16.2. The van der Waals surface area contributed by atoms with Gasteiger partial charge in [-0.25, -0.2) is 0 Å². The molecule has 3 nitrogen and oxygen atoms in total. The van der Waals surface area contributed by atoms with Crippen molar-refractivity contribution in [2.45, 2.75) is 33.6 Å². The highest BCUT2D eigenvalue weighted by atomic mass is 15.1. The average Bonchev–Trinajstić information content (AvgIpc) is 2.67. The Morgan fingerprint density at radius 1 is 0.640 bits per heavy atom. The van der Waals surface area contributed by atoms with Crippen LogP contribution in [-0.2, 0) is 0 Å². The van der Waals surface area contributed by atoms with Gasteiger partial charge in [0.1, 0.15) is 0 Å². The van der Waals surface area contributed by atoms with Crippen molar-refractivity contribution >= 4 is 11.4 Å². The fraction of sp³-hybridized carbons (Fsp3) is 0.455. The number of benzene rings is 2. The summed E-state index contributed by atoms with van der Waals surface area (Å²) < 4.78 is 0. The van der Waals surface area contributed by atoms with Crippen LogP contribution >= 0.6 is 0 Å². The third kappa shape index (κ3) is 4.55. The van der Waals surface area contributed by atoms with E-state index in [2.05, 4.69) is 86.0 Å². The first-order chi connectivity index (χ1) is 12.2. The summed E-state index contributed by atoms with van der Waals surface area (Å²) in [5.74, 6) is 0.247. The molecule has 0 unspecified atom stereocenters. The highest BCUT2D eigenvalue weighted by Gasteiger charge is 2.13. The minimum Gasteiger partial charge on any atom is -0.372 e. The molecule has 0 spiro atoms. The number of nitrogens with zero attached hydrogens (tertiary/aromatic N) is 2. The van der Waals surface area contributed by atoms with Crippen molar-refractivity contribution in [3.63, 3.8) is 0 Å². The summed E-state index contributed by atoms with van der Waals surface area (Å²) in [6.07, 6.45) is 0. The molecule has 0 radical (unpaired) electrons. The molecular formula is C22H33N3. The molecule has 2 aromatic carbocycles. The van der Waals surface area contributed by atoms with Crippen molar-refractivity contribution in [1.29, 1.82) is 0 Å². The zero-order valence-electron chi connectivity index (χ0n) is 16.2. The van der Waals surface area contributed by atoms with E-state index in [0.717, 1.165) is 26.2 Å². The van der Waals surface area contributed by atoms with Crippen LogP contribution in [0.5, 0.6) is 0 Å². The number of rotatable bonds is 9. The highest BCUT2D eigenvalue weighted by Crippen LogP contribution is 2.27. The normalized spacial score (nSPS) is 11.0. The maximum atomic E-state index is 6.12. The summed E-state index contributed by atoms with van der Waals surface area (Å²) in [7, 11) is 0. The molecule has 0 heterocycles. The minimum atomic E-state index is 0.247. The van der Waals surface area contributed by atoms with Crippen LogP contribution in [-0.4, -0.2) is 32.7 Å². The van der Waals surface area contributed by atoms with Gasteiger partial charge < -0.3 is 15.5 Å². The van der Waals surface area contributed by atoms with Crippen LogP contribution in [0.4, 0.5) is 11.4 Å². The lowest BCUT2D eigenvalue weighted by Gasteiger charge is -2.24. The largest absolute Gasteiger partial charge is 0.372 e. The highest BCUT2D eigenvalue weighted by molar-refractivity contribution is 5.51. The number of anilines is 2. The van der Waals surface area contributed by atoms with Gasteiger partial charge in [-0.3, -0.25) is 0 Å². The van der Waals surface area contributed by atoms with Crippen LogP contribution in [0.25, 0.3) is 0 Å². The molecule has 2 rings (SSSR count). The van der Waals surface area contributed by atoms with Crippen LogP contribution in [0.15, 0.2) is 48.5 Å². The van der Waals surface area contributed by atoms with Crippen molar-refractivity contribution in [2.24, 2.45) is 5.73 Å². The lowest BCUT2D eigenvalue weighted by atomic mass is 9.91. The van der Waals surface area contributed by atoms with Gasteiger partial charge in [0.25, 0.3) is 0 Å². The van der Waals surface area contributed by atoms with E-state index in [1.165, 1.54) is 22.5 Å². The topological polar surface area (TPSA) is 32.5 Å². The predicted molar refractivity (Wildman–Crippen MR) is 111 cm³/mol. The molecule has 0 saturated heterocycles. The second-order valence-corrected chi connectivity index (χ2v) is 6.32. The van der Waals surface area contributed by atoms with E-state index < -0.39 is 0 Å². The average molecular weight is 340 g/mol. The molecule has 0 aliphatic heterocycles. The van der Waals surface area contributed by atoms with Gasteiger partial charge in [0.2, 0.25) is 0 Å². The van der Waals surface area contributed by atoms with Gasteiger partial charge in [0.15, 0.2) is 0 Å². The second kappa shape index (κ2) is 9.47. The minimum absolute atomic E-state index is 0.247. The van der Waals surface area contributed by atoms with Gasteiger partial charge in [-0.05, 0) is 63.1 Å². The first kappa shape index (κ1) is 19.3. The van der Waals surface area contributed by atoms with E-state index in [1.54, 1.807) is 0 Å². The molecule has 2 N–H and O–H groups in total. The molecule has 3 heteroatoms. The Balaban J connectivity index is 2.21. The molecule has 0 aliphatic rings. The Labute approximate surface area is 153 Å². The Bertz CT molecular complexity index is 555. The molecule has 0 aliphatic carbocycles. The van der Waals surface area contributed by atoms with Crippen molar-refractivity contribution in [2.75, 3.05) is 42.5 Å². The quantitative estimate of drug-likeness (QED) is 0.731. The molecule has 0 bridgehead atoms. The molecule has 0 aromatic heterocycles. The third-order valence-electron chi connectivity index (χ3n) is 5.08. The van der Waals surface area contributed by atoms with Gasteiger partial charge in [-0.1, -0.05) is 24.3 Å². The van der Waals surface area contributed by atoms with Crippen molar-refractivity contribution in [3.05, 3.63) is 59.7 Å². The zero-order chi connectivity index (χ0) is 18.2. The summed E-state index contributed by atoms with van der Waals surface area (Å²) in [4.78, 5) is 4.72. The molecule has 2 aromatic rings. The van der Waals surface area contributed by atoms with Gasteiger partial charge in [-0.15, -0.1) is 0 Å². The van der Waals surface area contributed by atoms with Crippen LogP contribution < -0.4 is 15.5 Å². The van der Waals surface area contributed by atoms with Gasteiger partial charge in [-0.2, -0.15) is 0 Å². The van der Waals surface area contributed by atoms with E-state index in [9.17, 15) is 0 Å². The SMILES string of the molecule is CCN(CC)c1ccc(C(CN)c2ccc(N(CC)CC)cc2)cc1. The fourth-order valence-electron chi connectivity index (χ4n) is 3.48. The molecule has 25 heavy (non-hydrogen) atoms. The third-order valence-corrected chi connectivity index (χ3v) is 5.08. The molecule has 0 atom stereocenters. The van der Waals surface area contributed by atoms with Crippen LogP contribution in [0.3, 0.4) is 0 Å². The summed E-state index contributed by atoms with van der Waals surface area (Å²) >= 11 is 0. The summed E-state index contributed by atoms with van der Waals surface area (Å²) in [6.45, 7) is 13.5. The first-order valence-corrected chi connectivity index (χ1v) is 9.58. The second-order valence-electron chi connectivity index (χ2n) is 6.32. The number of hydrogen-bond donors (Lipinski definition) is 1. The Morgan fingerprint density at radius 3 is 1.20 bits per heavy atom. The molecule has 0 fully saturated rings. The van der Waals surface area contributed by atoms with Crippen molar-refractivity contribution < 1.29 is 0 Å². The van der Waals surface area contributed by atoms with E-state index >= 15 is 0 Å². The van der Waals surface area contributed by atoms with E-state index in [0.29, 0.717) is 6.54 Å². The van der Waals surface area contributed by atoms with Crippen LogP contribution in [0, 0.1) is 0 Å². The summed E-state index contributed by atoms with van der Waals surface area (Å²) in [6, 6.07) is 17.8. The number of nitrogens with two attached hydrogens (primary N) is 1. The lowest BCUT2D eigenvalue weighted by molar-refractivity contribution is 0.814. The number of hydrogen-bond acceptors (Lipinski definition) is 3. The fourth-order valence-corrected chi connectivity index (χ4v) is 3.48. The lowest BCUT2D eigenvalue weighted by Crippen LogP contribution is -2.22. The Kier molecular flexibility index (Phi) is 7.32. The Hall–Kier alpha value is -2.00. The molecule has 0 saturated carbocycles. The van der Waals surface area contributed by atoms with Crippen LogP contribution in [0.1, 0.15) is 44.7 Å². The predicted octanol–water partition coefficient (Wildman–Crippen LogP) is 4.47. The van der Waals surface area contributed by atoms with Crippen molar-refractivity contribution in [3.8, 4) is 0 Å². The van der Waals surface area contributed by atoms with Crippen LogP contribution in [0.2, 0.25) is 0 Å². The molecule has 0 amide bonds. The molecular weight excluding hydrogens is 306 g/mol. The maximum absolute atomic E-state index is 6.12. The smallest absolute Gasteiger partial charge is 0.0366 e. The summed E-state index contributed by atoms with van der Waals surface area (Å²) in [5.41, 5.74) is 11.2. The Morgan fingerprint density at radius 2 is 0.960 bits per heavy atom. The molecule has 136 valence electrons. The van der Waals surface area contributed by atoms with Gasteiger partial charge in [0, 0.05) is 50.0 Å². The van der Waals surface area contributed by atoms with Gasteiger partial charge >= 0.3 is 0 Å².